The molecule has 5 heterocycles. The zero-order valence-corrected chi connectivity index (χ0v) is 57.7. The minimum atomic E-state index is 0.168. The third kappa shape index (κ3) is 9.44. The molecule has 1 unspecified atom stereocenters. The van der Waals surface area contributed by atoms with Crippen molar-refractivity contribution in [1.29, 1.82) is 0 Å². The highest BCUT2D eigenvalue weighted by atomic mass is 15.2. The van der Waals surface area contributed by atoms with E-state index in [-0.39, 0.29) is 5.92 Å². The first-order valence-electron chi connectivity index (χ1n) is 36.6. The molecule has 22 rings (SSSR count). The molecule has 106 heavy (non-hydrogen) atoms. The molecule has 16 aromatic carbocycles. The van der Waals surface area contributed by atoms with Crippen molar-refractivity contribution in [3.63, 3.8) is 0 Å². The second-order valence-corrected chi connectivity index (χ2v) is 28.4. The van der Waals surface area contributed by atoms with Crippen LogP contribution in [0.25, 0.3) is 183 Å². The van der Waals surface area contributed by atoms with Gasteiger partial charge in [0.25, 0.3) is 0 Å². The van der Waals surface area contributed by atoms with Crippen LogP contribution in [0.4, 0.5) is 11.4 Å². The fourth-order valence-electron chi connectivity index (χ4n) is 17.6. The number of anilines is 2. The Labute approximate surface area is 612 Å². The molecule has 0 N–H and O–H groups in total. The SMILES string of the molecule is c1ccc(-c2ccc(C3CN(c4ccccc4)c4ccc(-c5ccc6c(c5)c5cc(-c7ccccc7)ccc5n6-c5ncc6c(n5)-c5cccc7c(-n8c9ccc(-c%10ccccc%10)cc9c9cc(-c%10ccc%11c(c%10)c%10cc(-c%12ccccc%12)ccc%10n%11-c%10ccccc%10)ccc98)ccc-6c57)cc43)cc2)cc1. The molecular formula is C100H64N6. The summed E-state index contributed by atoms with van der Waals surface area (Å²) in [7, 11) is 0. The van der Waals surface area contributed by atoms with E-state index in [0.29, 0.717) is 5.95 Å². The van der Waals surface area contributed by atoms with Gasteiger partial charge in [0.2, 0.25) is 5.95 Å². The van der Waals surface area contributed by atoms with Crippen LogP contribution in [0.3, 0.4) is 0 Å². The molecule has 0 saturated carbocycles. The molecule has 1 aliphatic carbocycles. The van der Waals surface area contributed by atoms with Crippen molar-refractivity contribution in [3.8, 4) is 106 Å². The Kier molecular flexibility index (Phi) is 13.4. The summed E-state index contributed by atoms with van der Waals surface area (Å²) in [6.45, 7) is 0.851. The van der Waals surface area contributed by atoms with Gasteiger partial charge in [0.05, 0.1) is 44.5 Å². The van der Waals surface area contributed by atoms with Crippen LogP contribution >= 0.6 is 0 Å². The fourth-order valence-corrected chi connectivity index (χ4v) is 17.6. The normalized spacial score (nSPS) is 13.1. The first-order valence-corrected chi connectivity index (χ1v) is 36.6. The van der Waals surface area contributed by atoms with Crippen molar-refractivity contribution in [2.45, 2.75) is 5.92 Å². The summed E-state index contributed by atoms with van der Waals surface area (Å²) < 4.78 is 7.19. The smallest absolute Gasteiger partial charge is 0.235 e. The van der Waals surface area contributed by atoms with Crippen molar-refractivity contribution in [2.75, 3.05) is 11.4 Å². The molecule has 1 atom stereocenters. The van der Waals surface area contributed by atoms with Gasteiger partial charge in [-0.2, -0.15) is 0 Å². The van der Waals surface area contributed by atoms with Crippen LogP contribution < -0.4 is 4.90 Å². The second kappa shape index (κ2) is 23.8. The molecule has 4 aromatic heterocycles. The molecule has 0 bridgehead atoms. The van der Waals surface area contributed by atoms with E-state index in [1.807, 2.05) is 0 Å². The molecular weight excluding hydrogens is 1290 g/mol. The molecule has 6 nitrogen and oxygen atoms in total. The largest absolute Gasteiger partial charge is 0.340 e. The lowest BCUT2D eigenvalue weighted by Gasteiger charge is -2.20. The maximum atomic E-state index is 5.71. The third-order valence-corrected chi connectivity index (χ3v) is 22.6. The molecule has 494 valence electrons. The minimum absolute atomic E-state index is 0.168. The van der Waals surface area contributed by atoms with Crippen molar-refractivity contribution in [2.24, 2.45) is 0 Å². The van der Waals surface area contributed by atoms with E-state index in [4.69, 9.17) is 9.97 Å². The summed E-state index contributed by atoms with van der Waals surface area (Å²) >= 11 is 0. The molecule has 0 fully saturated rings. The maximum Gasteiger partial charge on any atom is 0.235 e. The van der Waals surface area contributed by atoms with Gasteiger partial charge in [-0.05, 0) is 199 Å². The van der Waals surface area contributed by atoms with Crippen molar-refractivity contribution in [3.05, 3.63) is 381 Å². The highest BCUT2D eigenvalue weighted by molar-refractivity contribution is 6.20. The molecule has 6 heteroatoms. The zero-order chi connectivity index (χ0) is 69.5. The van der Waals surface area contributed by atoms with Gasteiger partial charge in [-0.15, -0.1) is 0 Å². The molecule has 0 amide bonds. The number of hydrogen-bond acceptors (Lipinski definition) is 3. The van der Waals surface area contributed by atoms with Crippen molar-refractivity contribution in [1.82, 2.24) is 23.7 Å². The van der Waals surface area contributed by atoms with Crippen LogP contribution in [0.15, 0.2) is 370 Å². The maximum absolute atomic E-state index is 5.71. The van der Waals surface area contributed by atoms with E-state index in [0.717, 1.165) is 95.2 Å². The van der Waals surface area contributed by atoms with Gasteiger partial charge < -0.3 is 14.0 Å². The summed E-state index contributed by atoms with van der Waals surface area (Å²) in [5, 5.41) is 9.45. The van der Waals surface area contributed by atoms with Crippen LogP contribution in [-0.4, -0.2) is 30.2 Å². The average molecular weight is 1350 g/mol. The predicted octanol–water partition coefficient (Wildman–Crippen LogP) is 25.9. The van der Waals surface area contributed by atoms with E-state index in [1.165, 1.54) is 111 Å². The Morgan fingerprint density at radius 2 is 0.632 bits per heavy atom. The molecule has 2 aliphatic rings. The Hall–Kier alpha value is -13.9. The van der Waals surface area contributed by atoms with E-state index in [9.17, 15) is 0 Å². The van der Waals surface area contributed by atoms with Gasteiger partial charge in [0.15, 0.2) is 0 Å². The third-order valence-electron chi connectivity index (χ3n) is 22.6. The van der Waals surface area contributed by atoms with Crippen LogP contribution in [-0.2, 0) is 0 Å². The van der Waals surface area contributed by atoms with Crippen molar-refractivity contribution < 1.29 is 0 Å². The Bertz CT molecular complexity index is 6940. The van der Waals surface area contributed by atoms with Crippen LogP contribution in [0, 0.1) is 0 Å². The van der Waals surface area contributed by atoms with Gasteiger partial charge in [0.1, 0.15) is 0 Å². The Morgan fingerprint density at radius 1 is 0.255 bits per heavy atom. The first kappa shape index (κ1) is 59.7. The summed E-state index contributed by atoms with van der Waals surface area (Å²) in [6, 6.07) is 134. The van der Waals surface area contributed by atoms with E-state index in [2.05, 4.69) is 389 Å². The number of fused-ring (bicyclic) bond motifs is 13. The molecule has 0 saturated heterocycles. The highest BCUT2D eigenvalue weighted by Gasteiger charge is 2.33. The Balaban J connectivity index is 0.667. The summed E-state index contributed by atoms with van der Waals surface area (Å²) in [6.07, 6.45) is 2.07. The fraction of sp³-hybridized carbons (Fsp3) is 0.0200. The van der Waals surface area contributed by atoms with Crippen LogP contribution in [0.1, 0.15) is 17.0 Å². The van der Waals surface area contributed by atoms with Gasteiger partial charge in [0, 0.05) is 89.9 Å². The standard InChI is InChI=1S/C100H64N6/c1-7-20-63(21-8-1)67-34-36-68(37-35-67)89-62-103(76-28-15-5-16-29-76)90-46-38-72(60-87(89)90)75-44-52-97-86(59-75)85-56-71(66-26-13-4-14-27-66)41-51-96(85)106(97)100-101-61-88-78-45-53-91(79-32-19-33-80(98(78)79)99(88)102-100)105-94-49-40-70(65-24-11-3-12-25-65)55-83(94)84-58-74(43-50-95(84)105)73-42-48-93-82(57-73)81-54-69(64-22-9-2-10-23-64)39-47-92(81)104(93)77-30-17-6-18-31-77/h1-61,89H,62H2. The summed E-state index contributed by atoms with van der Waals surface area (Å²) in [5.41, 5.74) is 32.5. The Morgan fingerprint density at radius 3 is 1.11 bits per heavy atom. The minimum Gasteiger partial charge on any atom is -0.340 e. The van der Waals surface area contributed by atoms with Crippen LogP contribution in [0.2, 0.25) is 0 Å². The zero-order valence-electron chi connectivity index (χ0n) is 57.7. The van der Waals surface area contributed by atoms with Crippen molar-refractivity contribution >= 4 is 87.6 Å². The topological polar surface area (TPSA) is 43.8 Å². The highest BCUT2D eigenvalue weighted by Crippen LogP contribution is 2.51. The quantitative estimate of drug-likeness (QED) is 0.130. The monoisotopic (exact) mass is 1350 g/mol. The lowest BCUT2D eigenvalue weighted by atomic mass is 9.89. The van der Waals surface area contributed by atoms with Gasteiger partial charge in [-0.1, -0.05) is 249 Å². The number of nitrogens with zero attached hydrogens (tertiary/aromatic N) is 6. The van der Waals surface area contributed by atoms with Gasteiger partial charge >= 0.3 is 0 Å². The van der Waals surface area contributed by atoms with Gasteiger partial charge in [-0.25, -0.2) is 9.97 Å². The van der Waals surface area contributed by atoms with E-state index < -0.39 is 0 Å². The summed E-state index contributed by atoms with van der Waals surface area (Å²) in [5.74, 6) is 0.802. The number of aromatic nitrogens is 5. The first-order chi connectivity index (χ1) is 52.5. The second-order valence-electron chi connectivity index (χ2n) is 28.4. The lowest BCUT2D eigenvalue weighted by Crippen LogP contribution is -2.15. The number of rotatable bonds is 11. The predicted molar refractivity (Wildman–Crippen MR) is 441 cm³/mol. The van der Waals surface area contributed by atoms with E-state index >= 15 is 0 Å². The number of hydrogen-bond donors (Lipinski definition) is 0. The molecule has 20 aromatic rings. The van der Waals surface area contributed by atoms with Gasteiger partial charge in [-0.3, -0.25) is 4.57 Å². The molecule has 1 aliphatic heterocycles. The van der Waals surface area contributed by atoms with Crippen LogP contribution in [0.5, 0.6) is 0 Å². The number of benzene rings is 16. The van der Waals surface area contributed by atoms with E-state index in [1.54, 1.807) is 0 Å². The average Bonchev–Trinajstić information content (AvgIpc) is 1.55. The lowest BCUT2D eigenvalue weighted by molar-refractivity contribution is 0.859. The number of para-hydroxylation sites is 2. The summed E-state index contributed by atoms with van der Waals surface area (Å²) in [4.78, 5) is 13.6. The molecule has 0 radical (unpaired) electrons. The molecule has 0 spiro atoms.